The summed E-state index contributed by atoms with van der Waals surface area (Å²) in [5, 5.41) is 43.8. The van der Waals surface area contributed by atoms with Crippen LogP contribution in [-0.4, -0.2) is 88.1 Å². The number of aromatic hydroxyl groups is 1. The van der Waals surface area contributed by atoms with Crippen LogP contribution in [0.15, 0.2) is 91.0 Å². The molecule has 0 radical (unpaired) electrons. The first-order chi connectivity index (χ1) is 26.1. The molecular weight excluding hydrogens is 821 g/mol. The molecule has 5 N–H and O–H groups in total. The Morgan fingerprint density at radius 2 is 1.53 bits per heavy atom. The molecule has 22 nitrogen and oxygen atoms in total. The van der Waals surface area contributed by atoms with E-state index in [0.717, 1.165) is 48.6 Å². The van der Waals surface area contributed by atoms with Crippen molar-refractivity contribution in [3.63, 3.8) is 0 Å². The summed E-state index contributed by atoms with van der Waals surface area (Å²) in [4.78, 5) is 37.8. The van der Waals surface area contributed by atoms with Crippen LogP contribution in [0.25, 0.3) is 11.8 Å². The van der Waals surface area contributed by atoms with Crippen molar-refractivity contribution in [1.82, 2.24) is 9.78 Å². The number of ether oxygens (including phenoxy) is 2. The molecule has 0 fully saturated rings. The number of esters is 2. The number of aromatic nitrogens is 2. The average molecular weight is 847 g/mol. The van der Waals surface area contributed by atoms with Crippen LogP contribution in [0.2, 0.25) is 0 Å². The van der Waals surface area contributed by atoms with E-state index in [9.17, 15) is 45.4 Å². The zero-order valence-electron chi connectivity index (χ0n) is 27.7. The maximum absolute atomic E-state index is 13.6. The van der Waals surface area contributed by atoms with Gasteiger partial charge < -0.3 is 14.6 Å². The van der Waals surface area contributed by atoms with E-state index >= 15 is 0 Å². The predicted octanol–water partition coefficient (Wildman–Crippen LogP) is 3.57. The zero-order chi connectivity index (χ0) is 40.5. The second-order valence-electron chi connectivity index (χ2n) is 9.99. The van der Waals surface area contributed by atoms with E-state index in [0.29, 0.717) is 33.8 Å². The van der Waals surface area contributed by atoms with Crippen LogP contribution in [0, 0.1) is 0 Å². The minimum absolute atomic E-state index is 0.0345. The van der Waals surface area contributed by atoms with Crippen LogP contribution in [0.5, 0.6) is 5.88 Å². The largest absolute Gasteiger partial charge is 0.493 e. The highest BCUT2D eigenvalue weighted by Gasteiger charge is 2.38. The first-order valence-corrected chi connectivity index (χ1v) is 19.1. The third-order valence-corrected chi connectivity index (χ3v) is 9.65. The van der Waals surface area contributed by atoms with Gasteiger partial charge in [-0.3, -0.25) is 13.9 Å². The van der Waals surface area contributed by atoms with Crippen LogP contribution in [0.3, 0.4) is 0 Å². The number of carbonyl (C=O) groups excluding carboxylic acids is 3. The number of benzene rings is 2. The van der Waals surface area contributed by atoms with Crippen molar-refractivity contribution < 1.29 is 84.2 Å². The zero-order valence-corrected chi connectivity index (χ0v) is 31.0. The second-order valence-corrected chi connectivity index (χ2v) is 14.3. The molecule has 26 heteroatoms. The van der Waals surface area contributed by atoms with Gasteiger partial charge in [-0.1, -0.05) is 28.3 Å². The molecule has 3 aromatic rings. The Labute approximate surface area is 318 Å². The fourth-order valence-corrected chi connectivity index (χ4v) is 6.47. The minimum Gasteiger partial charge on any atom is -0.493 e. The van der Waals surface area contributed by atoms with Gasteiger partial charge in [0.15, 0.2) is 11.4 Å². The number of hydrogen-bond donors (Lipinski definition) is 5. The molecule has 4 rings (SSSR count). The Bertz CT molecular complexity index is 2320. The van der Waals surface area contributed by atoms with Gasteiger partial charge in [0.05, 0.1) is 69.6 Å². The lowest BCUT2D eigenvalue weighted by atomic mass is 10.1. The van der Waals surface area contributed by atoms with Crippen LogP contribution >= 0.6 is 24.1 Å². The van der Waals surface area contributed by atoms with E-state index in [4.69, 9.17) is 20.0 Å². The Kier molecular flexibility index (Phi) is 14.4. The van der Waals surface area contributed by atoms with Gasteiger partial charge in [0.25, 0.3) is 26.1 Å². The summed E-state index contributed by atoms with van der Waals surface area (Å²) in [5.74, 6) is -3.91. The molecule has 0 unspecified atom stereocenters. The average Bonchev–Trinajstić information content (AvgIpc) is 3.64. The van der Waals surface area contributed by atoms with Gasteiger partial charge in [0.1, 0.15) is 4.90 Å². The van der Waals surface area contributed by atoms with Gasteiger partial charge in [-0.05, 0) is 62.4 Å². The summed E-state index contributed by atoms with van der Waals surface area (Å²) in [6.45, 7) is 2.72. The van der Waals surface area contributed by atoms with Crippen molar-refractivity contribution >= 4 is 79.6 Å². The maximum atomic E-state index is 13.6. The smallest absolute Gasteiger partial charge is 0.359 e. The summed E-state index contributed by atoms with van der Waals surface area (Å²) in [5.41, 5.74) is -2.50. The van der Waals surface area contributed by atoms with E-state index in [-0.39, 0.29) is 34.3 Å². The summed E-state index contributed by atoms with van der Waals surface area (Å²) < 4.78 is 86.9. The van der Waals surface area contributed by atoms with Crippen molar-refractivity contribution in [1.29, 1.82) is 0 Å². The van der Waals surface area contributed by atoms with Crippen LogP contribution in [0.1, 0.15) is 29.9 Å². The maximum Gasteiger partial charge on any atom is 0.359 e. The summed E-state index contributed by atoms with van der Waals surface area (Å²) >= 11 is 0.732. The fourth-order valence-electron chi connectivity index (χ4n) is 4.47. The highest BCUT2D eigenvalue weighted by molar-refractivity contribution is 7.95. The third-order valence-electron chi connectivity index (χ3n) is 6.67. The molecule has 294 valence electrons. The van der Waals surface area contributed by atoms with Crippen molar-refractivity contribution in [2.75, 3.05) is 18.2 Å². The minimum atomic E-state index is -4.97. The van der Waals surface area contributed by atoms with Crippen LogP contribution in [0.4, 0.5) is 5.69 Å². The second kappa shape index (κ2) is 18.6. The summed E-state index contributed by atoms with van der Waals surface area (Å²) in [6, 6.07) is 6.02. The van der Waals surface area contributed by atoms with Gasteiger partial charge >= 0.3 is 11.9 Å². The lowest BCUT2D eigenvalue weighted by Crippen LogP contribution is -2.24. The number of hydrazone groups is 1. The van der Waals surface area contributed by atoms with Gasteiger partial charge in [-0.15, -0.1) is 8.67 Å². The highest BCUT2D eigenvalue weighted by atomic mass is 32.2. The van der Waals surface area contributed by atoms with Crippen molar-refractivity contribution in [2.45, 2.75) is 33.4 Å². The third kappa shape index (κ3) is 10.2. The molecule has 1 amide bonds. The monoisotopic (exact) mass is 846 g/mol. The van der Waals surface area contributed by atoms with E-state index in [2.05, 4.69) is 28.9 Å². The summed E-state index contributed by atoms with van der Waals surface area (Å²) in [6.07, 6.45) is 5.98. The Hall–Kier alpha value is -4.97. The molecule has 0 saturated carbocycles. The molecule has 0 atom stereocenters. The quantitative estimate of drug-likeness (QED) is 0.0247. The first kappa shape index (κ1) is 42.8. The number of carbonyl (C=O) groups is 3. The van der Waals surface area contributed by atoms with Gasteiger partial charge in [0.2, 0.25) is 5.88 Å². The van der Waals surface area contributed by atoms with Gasteiger partial charge in [0, 0.05) is 4.90 Å². The lowest BCUT2D eigenvalue weighted by molar-refractivity contribution is -0.432. The Morgan fingerprint density at radius 3 is 2.16 bits per heavy atom. The molecule has 0 bridgehead atoms. The van der Waals surface area contributed by atoms with E-state index in [1.54, 1.807) is 0 Å². The standard InChI is InChI=1S/C29H26N4O18S4/c1-3-46-28(36)24-18(26(34)32(30-24)20-15-17(54(40,41)42)11-12-22(20)53-51-49-39)8-6-5-7-9-19-25(29(37)47-4-2)31-33(27(19)35)21-14-16(52-50-48-38)10-13-23(21)55(43,44)45/h5-15,34,38-39H,3-4H2,1-2H3,(H,40,41,42)(H,43,44,45)/b7-5?,8-6?,19-9-. The molecule has 0 saturated heterocycles. The highest BCUT2D eigenvalue weighted by Crippen LogP contribution is 2.36. The molecule has 2 heterocycles. The molecule has 1 aliphatic heterocycles. The Balaban J connectivity index is 1.76. The van der Waals surface area contributed by atoms with E-state index in [1.165, 1.54) is 32.1 Å². The van der Waals surface area contributed by atoms with E-state index < -0.39 is 76.4 Å². The van der Waals surface area contributed by atoms with E-state index in [1.807, 2.05) is 0 Å². The number of rotatable bonds is 17. The molecule has 1 aliphatic rings. The van der Waals surface area contributed by atoms with Gasteiger partial charge in [-0.2, -0.15) is 36.7 Å². The van der Waals surface area contributed by atoms with Crippen LogP contribution < -0.4 is 5.01 Å². The number of nitrogens with zero attached hydrogens (tertiary/aromatic N) is 4. The first-order valence-electron chi connectivity index (χ1n) is 14.7. The molecule has 0 spiro atoms. The topological polar surface area (TPSA) is 309 Å². The number of allylic oxidation sites excluding steroid dienone is 4. The number of hydrogen-bond acceptors (Lipinski definition) is 20. The van der Waals surface area contributed by atoms with Crippen molar-refractivity contribution in [3.8, 4) is 11.6 Å². The molecule has 1 aromatic heterocycles. The van der Waals surface area contributed by atoms with Gasteiger partial charge in [-0.25, -0.2) is 20.1 Å². The molecule has 55 heavy (non-hydrogen) atoms. The summed E-state index contributed by atoms with van der Waals surface area (Å²) in [7, 11) is -9.75. The fraction of sp³-hybridized carbons (Fsp3) is 0.138. The number of amides is 1. The van der Waals surface area contributed by atoms with Crippen molar-refractivity contribution in [2.24, 2.45) is 5.10 Å². The van der Waals surface area contributed by atoms with Crippen LogP contribution in [-0.2, 0) is 58.0 Å². The SMILES string of the molecule is CCOC(=O)C1=NN(c2cc(SOOO)ccc2S(=O)(=O)O)C(=O)/C1=C\C=CC=Cc1c(C(=O)OCC)nn(-c2cc(S(=O)(=O)O)ccc2SOOO)c1O. The lowest BCUT2D eigenvalue weighted by Gasteiger charge is -2.15. The van der Waals surface area contributed by atoms with Crippen molar-refractivity contribution in [3.05, 3.63) is 77.5 Å². The predicted molar refractivity (Wildman–Crippen MR) is 186 cm³/mol. The normalized spacial score (nSPS) is 14.4. The number of anilines is 1. The molecular formula is C29H26N4O18S4. The molecule has 0 aliphatic carbocycles. The molecule has 2 aromatic carbocycles. The Morgan fingerprint density at radius 1 is 0.855 bits per heavy atom.